The lowest BCUT2D eigenvalue weighted by molar-refractivity contribution is 0.111. The Morgan fingerprint density at radius 1 is 1.64 bits per heavy atom. The number of carbonyl (C=O) groups is 1. The molecule has 1 rings (SSSR count). The fraction of sp³-hybridized carbons (Fsp3) is 0.250. The third kappa shape index (κ3) is 1.98. The molecular formula is C8H7ClF2N2O. The average Bonchev–Trinajstić information content (AvgIpc) is 2.15. The Hall–Kier alpha value is -1.23. The number of anilines is 1. The summed E-state index contributed by atoms with van der Waals surface area (Å²) in [6, 6.07) is 1.10. The lowest BCUT2D eigenvalue weighted by Crippen LogP contribution is -2.05. The van der Waals surface area contributed by atoms with Gasteiger partial charge in [0.15, 0.2) is 6.29 Å². The molecule has 14 heavy (non-hydrogen) atoms. The Bertz CT molecular complexity index is 357. The fourth-order valence-electron chi connectivity index (χ4n) is 1.07. The molecule has 2 N–H and O–H groups in total. The highest BCUT2D eigenvalue weighted by molar-refractivity contribution is 6.17. The van der Waals surface area contributed by atoms with Crippen molar-refractivity contribution in [2.75, 3.05) is 5.73 Å². The molecule has 0 aliphatic heterocycles. The van der Waals surface area contributed by atoms with Gasteiger partial charge in [-0.05, 0) is 6.07 Å². The standard InChI is InChI=1S/C8H7ClF2N2O/c9-2-6-7(8(10)11)5(12)1-4(3-14)13-6/h1,3,8H,2H2,(H2,12,13). The van der Waals surface area contributed by atoms with E-state index in [1.54, 1.807) is 0 Å². The smallest absolute Gasteiger partial charge is 0.267 e. The summed E-state index contributed by atoms with van der Waals surface area (Å²) in [5.41, 5.74) is 4.73. The van der Waals surface area contributed by atoms with Gasteiger partial charge in [0.25, 0.3) is 6.43 Å². The van der Waals surface area contributed by atoms with Crippen molar-refractivity contribution in [1.29, 1.82) is 0 Å². The normalized spacial score (nSPS) is 10.6. The number of rotatable bonds is 3. The zero-order valence-electron chi connectivity index (χ0n) is 7.01. The number of nitrogen functional groups attached to an aromatic ring is 1. The molecule has 0 bridgehead atoms. The molecule has 0 atom stereocenters. The van der Waals surface area contributed by atoms with Crippen LogP contribution in [-0.4, -0.2) is 11.3 Å². The third-order valence-electron chi connectivity index (χ3n) is 1.65. The van der Waals surface area contributed by atoms with Crippen molar-refractivity contribution in [1.82, 2.24) is 4.98 Å². The fourth-order valence-corrected chi connectivity index (χ4v) is 1.27. The largest absolute Gasteiger partial charge is 0.398 e. The molecule has 0 saturated carbocycles. The SMILES string of the molecule is Nc1cc(C=O)nc(CCl)c1C(F)F. The van der Waals surface area contributed by atoms with Crippen LogP contribution in [0, 0.1) is 0 Å². The first-order valence-corrected chi connectivity index (χ1v) is 4.22. The quantitative estimate of drug-likeness (QED) is 0.627. The van der Waals surface area contributed by atoms with Gasteiger partial charge in [-0.25, -0.2) is 13.8 Å². The molecule has 0 aromatic carbocycles. The highest BCUT2D eigenvalue weighted by atomic mass is 35.5. The molecule has 0 aliphatic rings. The van der Waals surface area contributed by atoms with Gasteiger partial charge < -0.3 is 5.73 Å². The second kappa shape index (κ2) is 4.32. The first-order valence-electron chi connectivity index (χ1n) is 3.68. The van der Waals surface area contributed by atoms with Crippen LogP contribution >= 0.6 is 11.6 Å². The molecule has 0 radical (unpaired) electrons. The van der Waals surface area contributed by atoms with Crippen LogP contribution < -0.4 is 5.73 Å². The number of alkyl halides is 3. The van der Waals surface area contributed by atoms with E-state index in [4.69, 9.17) is 17.3 Å². The summed E-state index contributed by atoms with van der Waals surface area (Å²) in [5.74, 6) is -0.203. The predicted molar refractivity (Wildman–Crippen MR) is 48.6 cm³/mol. The van der Waals surface area contributed by atoms with E-state index in [1.165, 1.54) is 0 Å². The van der Waals surface area contributed by atoms with E-state index in [0.29, 0.717) is 6.29 Å². The van der Waals surface area contributed by atoms with Crippen LogP contribution in [0.5, 0.6) is 0 Å². The van der Waals surface area contributed by atoms with E-state index in [2.05, 4.69) is 4.98 Å². The first kappa shape index (κ1) is 10.8. The number of halogens is 3. The summed E-state index contributed by atoms with van der Waals surface area (Å²) in [7, 11) is 0. The molecule has 0 unspecified atom stereocenters. The molecule has 3 nitrogen and oxygen atoms in total. The number of aldehydes is 1. The third-order valence-corrected chi connectivity index (χ3v) is 1.91. The minimum absolute atomic E-state index is 0.00236. The molecule has 1 aromatic rings. The summed E-state index contributed by atoms with van der Waals surface area (Å²) < 4.78 is 24.9. The molecule has 0 saturated heterocycles. The van der Waals surface area contributed by atoms with Crippen LogP contribution in [0.25, 0.3) is 0 Å². The summed E-state index contributed by atoms with van der Waals surface area (Å²) in [6.07, 6.45) is -2.31. The van der Waals surface area contributed by atoms with Crippen molar-refractivity contribution in [3.05, 3.63) is 23.0 Å². The van der Waals surface area contributed by atoms with Gasteiger partial charge >= 0.3 is 0 Å². The van der Waals surface area contributed by atoms with E-state index in [1.807, 2.05) is 0 Å². The maximum absolute atomic E-state index is 12.4. The van der Waals surface area contributed by atoms with Gasteiger partial charge in [0, 0.05) is 5.69 Å². The van der Waals surface area contributed by atoms with Crippen molar-refractivity contribution in [3.8, 4) is 0 Å². The first-order chi connectivity index (χ1) is 6.60. The van der Waals surface area contributed by atoms with Crippen LogP contribution in [0.15, 0.2) is 6.07 Å². The predicted octanol–water partition coefficient (Wildman–Crippen LogP) is 2.15. The Morgan fingerprint density at radius 2 is 2.29 bits per heavy atom. The second-order valence-corrected chi connectivity index (χ2v) is 2.82. The Balaban J connectivity index is 3.34. The molecule has 0 amide bonds. The zero-order valence-corrected chi connectivity index (χ0v) is 7.76. The van der Waals surface area contributed by atoms with Gasteiger partial charge in [-0.1, -0.05) is 0 Å². The number of nitrogens with zero attached hydrogens (tertiary/aromatic N) is 1. The van der Waals surface area contributed by atoms with Crippen LogP contribution in [0.1, 0.15) is 28.2 Å². The van der Waals surface area contributed by atoms with Gasteiger partial charge in [-0.2, -0.15) is 0 Å². The lowest BCUT2D eigenvalue weighted by Gasteiger charge is -2.09. The van der Waals surface area contributed by atoms with Crippen LogP contribution in [-0.2, 0) is 5.88 Å². The molecule has 76 valence electrons. The van der Waals surface area contributed by atoms with Crippen LogP contribution in [0.3, 0.4) is 0 Å². The molecule has 1 aromatic heterocycles. The van der Waals surface area contributed by atoms with Gasteiger partial charge in [-0.15, -0.1) is 11.6 Å². The molecule has 0 aliphatic carbocycles. The highest BCUT2D eigenvalue weighted by Crippen LogP contribution is 2.28. The lowest BCUT2D eigenvalue weighted by atomic mass is 10.1. The summed E-state index contributed by atoms with van der Waals surface area (Å²) >= 11 is 5.41. The van der Waals surface area contributed by atoms with Crippen molar-refractivity contribution in [3.63, 3.8) is 0 Å². The van der Waals surface area contributed by atoms with Crippen molar-refractivity contribution < 1.29 is 13.6 Å². The minimum Gasteiger partial charge on any atom is -0.398 e. The van der Waals surface area contributed by atoms with Gasteiger partial charge in [0.2, 0.25) is 0 Å². The monoisotopic (exact) mass is 220 g/mol. The van der Waals surface area contributed by atoms with E-state index < -0.39 is 12.0 Å². The molecule has 0 spiro atoms. The number of nitrogens with two attached hydrogens (primary N) is 1. The number of pyridine rings is 1. The maximum atomic E-state index is 12.4. The highest BCUT2D eigenvalue weighted by Gasteiger charge is 2.18. The maximum Gasteiger partial charge on any atom is 0.267 e. The van der Waals surface area contributed by atoms with Gasteiger partial charge in [0.05, 0.1) is 17.1 Å². The number of aromatic nitrogens is 1. The van der Waals surface area contributed by atoms with Crippen molar-refractivity contribution >= 4 is 23.6 Å². The number of hydrogen-bond acceptors (Lipinski definition) is 3. The number of carbonyl (C=O) groups excluding carboxylic acids is 1. The zero-order chi connectivity index (χ0) is 10.7. The summed E-state index contributed by atoms with van der Waals surface area (Å²) in [5, 5.41) is 0. The van der Waals surface area contributed by atoms with Crippen LogP contribution in [0.4, 0.5) is 14.5 Å². The molecular weight excluding hydrogens is 214 g/mol. The molecule has 6 heteroatoms. The van der Waals surface area contributed by atoms with Crippen LogP contribution in [0.2, 0.25) is 0 Å². The Kier molecular flexibility index (Phi) is 3.35. The Labute approximate surface area is 83.9 Å². The molecule has 1 heterocycles. The van der Waals surface area contributed by atoms with Crippen molar-refractivity contribution in [2.45, 2.75) is 12.3 Å². The number of hydrogen-bond donors (Lipinski definition) is 1. The van der Waals surface area contributed by atoms with E-state index >= 15 is 0 Å². The molecule has 0 fully saturated rings. The minimum atomic E-state index is -2.74. The summed E-state index contributed by atoms with van der Waals surface area (Å²) in [4.78, 5) is 14.0. The average molecular weight is 221 g/mol. The van der Waals surface area contributed by atoms with E-state index in [0.717, 1.165) is 6.07 Å². The second-order valence-electron chi connectivity index (χ2n) is 2.55. The summed E-state index contributed by atoms with van der Waals surface area (Å²) in [6.45, 7) is 0. The topological polar surface area (TPSA) is 56.0 Å². The van der Waals surface area contributed by atoms with Gasteiger partial charge in [0.1, 0.15) is 5.69 Å². The van der Waals surface area contributed by atoms with Crippen molar-refractivity contribution in [2.24, 2.45) is 0 Å². The van der Waals surface area contributed by atoms with Gasteiger partial charge in [-0.3, -0.25) is 4.79 Å². The van der Waals surface area contributed by atoms with E-state index in [9.17, 15) is 13.6 Å². The van der Waals surface area contributed by atoms with E-state index in [-0.39, 0.29) is 23.0 Å². The Morgan fingerprint density at radius 3 is 2.71 bits per heavy atom.